The van der Waals surface area contributed by atoms with Gasteiger partial charge in [-0.2, -0.15) is 8.42 Å². The summed E-state index contributed by atoms with van der Waals surface area (Å²) < 4.78 is 44.5. The van der Waals surface area contributed by atoms with E-state index in [4.69, 9.17) is 37.7 Å². The van der Waals surface area contributed by atoms with Gasteiger partial charge in [-0.25, -0.2) is 24.4 Å². The Bertz CT molecular complexity index is 1080. The van der Waals surface area contributed by atoms with E-state index in [-0.39, 0.29) is 46.5 Å². The number of hydrogen-bond donors (Lipinski definition) is 1. The number of rotatable bonds is 7. The zero-order chi connectivity index (χ0) is 20.4. The molecule has 27 heavy (non-hydrogen) atoms. The first kappa shape index (κ1) is 21.4. The Morgan fingerprint density at radius 3 is 1.93 bits per heavy atom. The van der Waals surface area contributed by atoms with E-state index in [9.17, 15) is 8.42 Å². The summed E-state index contributed by atoms with van der Waals surface area (Å²) in [5.74, 6) is 0.0503. The average molecular weight is 388 g/mol. The van der Waals surface area contributed by atoms with Crippen LogP contribution < -0.4 is 19.9 Å². The Morgan fingerprint density at radius 1 is 1.07 bits per heavy atom. The molecule has 0 atom stereocenters. The molecular formula is C16H12N4O6S. The lowest BCUT2D eigenvalue weighted by atomic mass is 10.1. The topological polar surface area (TPSA) is 138 Å². The summed E-state index contributed by atoms with van der Waals surface area (Å²) in [7, 11) is -4.65. The van der Waals surface area contributed by atoms with Crippen LogP contribution in [0.5, 0.6) is 11.5 Å². The van der Waals surface area contributed by atoms with Crippen molar-refractivity contribution in [1.82, 2.24) is 0 Å². The first-order valence-corrected chi connectivity index (χ1v) is 8.53. The minimum Gasteiger partial charge on any atom is -0.495 e. The van der Waals surface area contributed by atoms with Crippen LogP contribution in [0, 0.1) is 35.8 Å². The Labute approximate surface area is 155 Å². The molecule has 0 unspecified atom stereocenters. The number of ether oxygens (including phenoxy) is 2. The first-order chi connectivity index (χ1) is 12.8. The molecule has 0 saturated carbocycles. The second-order valence-corrected chi connectivity index (χ2v) is 5.61. The standard InChI is InChI=1S/C16H12N4O6S/c1-4-24-15-7-12(14(10-18)20-3)16(8-11(15)13(9-17)19-2)25-5-6-26-27(21,22)23/h7-8H,4-6H2,1H3,(H,21,22,23)/b13-11-,14-12+. The molecule has 0 radical (unpaired) electrons. The molecule has 10 nitrogen and oxygen atoms in total. The summed E-state index contributed by atoms with van der Waals surface area (Å²) in [6.45, 7) is 15.2. The molecule has 1 aromatic rings. The van der Waals surface area contributed by atoms with Crippen LogP contribution in [-0.2, 0) is 14.6 Å². The molecule has 11 heteroatoms. The second-order valence-electron chi connectivity index (χ2n) is 4.52. The fourth-order valence-electron chi connectivity index (χ4n) is 1.91. The molecule has 0 aliphatic carbocycles. The number of nitriles is 2. The van der Waals surface area contributed by atoms with Crippen LogP contribution in [-0.4, -0.2) is 32.8 Å². The maximum atomic E-state index is 10.5. The highest BCUT2D eigenvalue weighted by Gasteiger charge is 2.12. The summed E-state index contributed by atoms with van der Waals surface area (Å²) in [5.41, 5.74) is -0.639. The fourth-order valence-corrected chi connectivity index (χ4v) is 2.18. The molecule has 1 N–H and O–H groups in total. The lowest BCUT2D eigenvalue weighted by Gasteiger charge is -2.11. The quantitative estimate of drug-likeness (QED) is 0.402. The van der Waals surface area contributed by atoms with Crippen molar-refractivity contribution < 1.29 is 26.6 Å². The summed E-state index contributed by atoms with van der Waals surface area (Å²) in [4.78, 5) is 6.20. The van der Waals surface area contributed by atoms with Crippen LogP contribution in [0.2, 0.25) is 0 Å². The van der Waals surface area contributed by atoms with Gasteiger partial charge in [0.15, 0.2) is 0 Å². The molecule has 0 saturated heterocycles. The van der Waals surface area contributed by atoms with Crippen LogP contribution in [0.4, 0.5) is 0 Å². The SMILES string of the molecule is [C-]#[N+]/C(C#N)=c1/cc(OCCOS(=O)(=O)O)/c(=C(\C#N)[N+]#[C-])cc1OCC. The largest absolute Gasteiger partial charge is 0.495 e. The van der Waals surface area contributed by atoms with Gasteiger partial charge in [-0.05, 0) is 19.1 Å². The van der Waals surface area contributed by atoms with E-state index < -0.39 is 17.0 Å². The zero-order valence-corrected chi connectivity index (χ0v) is 14.8. The van der Waals surface area contributed by atoms with Gasteiger partial charge in [0, 0.05) is 10.4 Å². The molecule has 0 aromatic heterocycles. The Hall–Kier alpha value is -3.61. The molecular weight excluding hydrogens is 376 g/mol. The summed E-state index contributed by atoms with van der Waals surface area (Å²) in [6.07, 6.45) is 0. The zero-order valence-electron chi connectivity index (χ0n) is 14.0. The van der Waals surface area contributed by atoms with E-state index in [1.165, 1.54) is 12.1 Å². The lowest BCUT2D eigenvalue weighted by Crippen LogP contribution is -2.21. The number of benzene rings is 1. The van der Waals surface area contributed by atoms with Crippen LogP contribution in [0.15, 0.2) is 12.1 Å². The van der Waals surface area contributed by atoms with Crippen molar-refractivity contribution in [2.45, 2.75) is 6.92 Å². The van der Waals surface area contributed by atoms with Crippen molar-refractivity contribution >= 4 is 21.8 Å². The maximum absolute atomic E-state index is 10.5. The van der Waals surface area contributed by atoms with E-state index in [0.717, 1.165) is 0 Å². The molecule has 0 fully saturated rings. The minimum absolute atomic E-state index is 0.0360. The molecule has 138 valence electrons. The van der Waals surface area contributed by atoms with Crippen LogP contribution in [0.3, 0.4) is 0 Å². The number of hydrogen-bond acceptors (Lipinski definition) is 7. The van der Waals surface area contributed by atoms with Crippen molar-refractivity contribution in [3.05, 3.63) is 45.4 Å². The van der Waals surface area contributed by atoms with Gasteiger partial charge in [0.2, 0.25) is 0 Å². The molecule has 0 bridgehead atoms. The summed E-state index contributed by atoms with van der Waals surface area (Å²) in [6, 6.07) is 5.94. The highest BCUT2D eigenvalue weighted by Crippen LogP contribution is 2.12. The molecule has 0 aliphatic heterocycles. The van der Waals surface area contributed by atoms with Crippen molar-refractivity contribution in [3.63, 3.8) is 0 Å². The van der Waals surface area contributed by atoms with Crippen LogP contribution in [0.1, 0.15) is 6.92 Å². The summed E-state index contributed by atoms with van der Waals surface area (Å²) >= 11 is 0. The van der Waals surface area contributed by atoms with E-state index in [2.05, 4.69) is 13.9 Å². The predicted octanol–water partition coefficient (Wildman–Crippen LogP) is 0.386. The third-order valence-corrected chi connectivity index (χ3v) is 3.36. The Kier molecular flexibility index (Phi) is 7.75. The first-order valence-electron chi connectivity index (χ1n) is 7.16. The van der Waals surface area contributed by atoms with E-state index in [1.807, 2.05) is 0 Å². The predicted molar refractivity (Wildman–Crippen MR) is 91.1 cm³/mol. The average Bonchev–Trinajstić information content (AvgIpc) is 2.62. The van der Waals surface area contributed by atoms with Gasteiger partial charge >= 0.3 is 10.4 Å². The van der Waals surface area contributed by atoms with E-state index >= 15 is 0 Å². The minimum atomic E-state index is -4.65. The third-order valence-electron chi connectivity index (χ3n) is 2.90. The Morgan fingerprint density at radius 2 is 1.56 bits per heavy atom. The number of nitrogens with zero attached hydrogens (tertiary/aromatic N) is 4. The maximum Gasteiger partial charge on any atom is 0.397 e. The highest BCUT2D eigenvalue weighted by molar-refractivity contribution is 7.80. The molecule has 0 amide bonds. The van der Waals surface area contributed by atoms with Crippen molar-refractivity contribution in [1.29, 1.82) is 10.5 Å². The molecule has 0 aliphatic rings. The smallest absolute Gasteiger partial charge is 0.397 e. The Balaban J connectivity index is 3.63. The van der Waals surface area contributed by atoms with Gasteiger partial charge < -0.3 is 9.47 Å². The van der Waals surface area contributed by atoms with Crippen molar-refractivity contribution in [2.75, 3.05) is 19.8 Å². The highest BCUT2D eigenvalue weighted by atomic mass is 32.3. The van der Waals surface area contributed by atoms with Crippen LogP contribution >= 0.6 is 0 Å². The van der Waals surface area contributed by atoms with Gasteiger partial charge in [-0.15, -0.1) is 0 Å². The third kappa shape index (κ3) is 6.00. The van der Waals surface area contributed by atoms with E-state index in [1.54, 1.807) is 19.1 Å². The molecule has 1 rings (SSSR count). The normalized spacial score (nSPS) is 12.5. The van der Waals surface area contributed by atoms with Gasteiger partial charge in [0.1, 0.15) is 24.7 Å². The van der Waals surface area contributed by atoms with Gasteiger partial charge in [0.05, 0.1) is 31.9 Å². The monoisotopic (exact) mass is 388 g/mol. The lowest BCUT2D eigenvalue weighted by molar-refractivity contribution is 0.200. The van der Waals surface area contributed by atoms with Gasteiger partial charge in [-0.1, -0.05) is 0 Å². The molecule has 0 spiro atoms. The van der Waals surface area contributed by atoms with E-state index in [0.29, 0.717) is 0 Å². The van der Waals surface area contributed by atoms with Crippen molar-refractivity contribution in [2.24, 2.45) is 0 Å². The summed E-state index contributed by atoms with van der Waals surface area (Å²) in [5, 5.41) is 18.4. The van der Waals surface area contributed by atoms with Crippen LogP contribution in [0.25, 0.3) is 21.1 Å². The fraction of sp³-hybridized carbons (Fsp3) is 0.250. The van der Waals surface area contributed by atoms with Gasteiger partial charge in [0.25, 0.3) is 11.4 Å². The molecule has 0 heterocycles. The second kappa shape index (κ2) is 9.76. The van der Waals surface area contributed by atoms with Crippen molar-refractivity contribution in [3.8, 4) is 23.6 Å². The van der Waals surface area contributed by atoms with Gasteiger partial charge in [-0.3, -0.25) is 4.55 Å². The molecule has 1 aromatic carbocycles.